The van der Waals surface area contributed by atoms with Gasteiger partial charge in [-0.2, -0.15) is 0 Å². The standard InChI is InChI=1S/C19H14N4/c1-3-9-20-14(5-1)18-16-12-7-8-13(11-12)17(16)19(23-22-18)15-6-2-4-10-21-15/h1-10,12-13H,11H2. The summed E-state index contributed by atoms with van der Waals surface area (Å²) in [6.45, 7) is 0. The van der Waals surface area contributed by atoms with E-state index in [4.69, 9.17) is 0 Å². The Kier molecular flexibility index (Phi) is 2.65. The zero-order valence-electron chi connectivity index (χ0n) is 12.4. The highest BCUT2D eigenvalue weighted by Gasteiger charge is 2.38. The van der Waals surface area contributed by atoms with Crippen LogP contribution in [-0.2, 0) is 0 Å². The van der Waals surface area contributed by atoms with Crippen LogP contribution in [0.25, 0.3) is 22.8 Å². The normalized spacial score (nSPS) is 20.7. The zero-order valence-corrected chi connectivity index (χ0v) is 12.4. The van der Waals surface area contributed by atoms with E-state index < -0.39 is 0 Å². The van der Waals surface area contributed by atoms with Gasteiger partial charge in [0.25, 0.3) is 0 Å². The van der Waals surface area contributed by atoms with Gasteiger partial charge in [0.1, 0.15) is 11.4 Å². The molecule has 2 unspecified atom stereocenters. The first kappa shape index (κ1) is 12.6. The quantitative estimate of drug-likeness (QED) is 0.676. The molecule has 3 heterocycles. The van der Waals surface area contributed by atoms with Crippen LogP contribution in [-0.4, -0.2) is 20.2 Å². The minimum Gasteiger partial charge on any atom is -0.255 e. The van der Waals surface area contributed by atoms with Crippen LogP contribution in [0, 0.1) is 0 Å². The lowest BCUT2D eigenvalue weighted by atomic mass is 9.92. The van der Waals surface area contributed by atoms with Gasteiger partial charge < -0.3 is 0 Å². The van der Waals surface area contributed by atoms with E-state index in [0.717, 1.165) is 29.2 Å². The smallest absolute Gasteiger partial charge is 0.115 e. The first-order chi connectivity index (χ1) is 11.4. The first-order valence-corrected chi connectivity index (χ1v) is 7.83. The SMILES string of the molecule is C1=CC2CC1c1c(-c3ccccn3)nnc(-c3ccccn3)c12. The zero-order chi connectivity index (χ0) is 15.2. The molecule has 5 rings (SSSR count). The minimum absolute atomic E-state index is 0.421. The summed E-state index contributed by atoms with van der Waals surface area (Å²) in [5, 5.41) is 9.06. The highest BCUT2D eigenvalue weighted by atomic mass is 15.1. The summed E-state index contributed by atoms with van der Waals surface area (Å²) < 4.78 is 0. The number of allylic oxidation sites excluding steroid dienone is 2. The minimum atomic E-state index is 0.421. The van der Waals surface area contributed by atoms with Gasteiger partial charge in [0.15, 0.2) is 0 Å². The molecule has 0 spiro atoms. The maximum Gasteiger partial charge on any atom is 0.115 e. The van der Waals surface area contributed by atoms with Crippen LogP contribution in [0.1, 0.15) is 29.4 Å². The van der Waals surface area contributed by atoms with Crippen molar-refractivity contribution in [3.63, 3.8) is 0 Å². The van der Waals surface area contributed by atoms with Gasteiger partial charge in [-0.05, 0) is 41.8 Å². The molecule has 3 aromatic heterocycles. The lowest BCUT2D eigenvalue weighted by Gasteiger charge is -2.17. The van der Waals surface area contributed by atoms with E-state index in [9.17, 15) is 0 Å². The van der Waals surface area contributed by atoms with Gasteiger partial charge in [-0.1, -0.05) is 24.3 Å². The molecule has 2 aliphatic carbocycles. The second kappa shape index (κ2) is 4.81. The topological polar surface area (TPSA) is 51.6 Å². The van der Waals surface area contributed by atoms with Crippen LogP contribution in [0.2, 0.25) is 0 Å². The van der Waals surface area contributed by atoms with Crippen molar-refractivity contribution in [3.8, 4) is 22.8 Å². The van der Waals surface area contributed by atoms with E-state index >= 15 is 0 Å². The van der Waals surface area contributed by atoms with E-state index in [-0.39, 0.29) is 0 Å². The lowest BCUT2D eigenvalue weighted by molar-refractivity contribution is 0.804. The molecule has 0 N–H and O–H groups in total. The molecule has 0 saturated carbocycles. The molecular formula is C19H14N4. The first-order valence-electron chi connectivity index (χ1n) is 7.83. The Bertz CT molecular complexity index is 829. The van der Waals surface area contributed by atoms with E-state index in [2.05, 4.69) is 32.3 Å². The van der Waals surface area contributed by atoms with Crippen LogP contribution in [0.4, 0.5) is 0 Å². The Labute approximate surface area is 134 Å². The largest absolute Gasteiger partial charge is 0.255 e. The maximum absolute atomic E-state index is 4.53. The molecule has 3 aromatic rings. The second-order valence-corrected chi connectivity index (χ2v) is 5.99. The number of hydrogen-bond acceptors (Lipinski definition) is 4. The molecule has 0 amide bonds. The Morgan fingerprint density at radius 2 is 1.22 bits per heavy atom. The predicted molar refractivity (Wildman–Crippen MR) is 87.7 cm³/mol. The molecular weight excluding hydrogens is 284 g/mol. The molecule has 0 aliphatic heterocycles. The van der Waals surface area contributed by atoms with Crippen molar-refractivity contribution in [3.05, 3.63) is 72.1 Å². The summed E-state index contributed by atoms with van der Waals surface area (Å²) >= 11 is 0. The van der Waals surface area contributed by atoms with Crippen molar-refractivity contribution >= 4 is 0 Å². The Hall–Kier alpha value is -2.88. The highest BCUT2D eigenvalue weighted by Crippen LogP contribution is 2.53. The van der Waals surface area contributed by atoms with Crippen LogP contribution < -0.4 is 0 Å². The third kappa shape index (κ3) is 1.84. The maximum atomic E-state index is 4.53. The van der Waals surface area contributed by atoms with Crippen LogP contribution in [0.15, 0.2) is 60.9 Å². The number of hydrogen-bond donors (Lipinski definition) is 0. The lowest BCUT2D eigenvalue weighted by Crippen LogP contribution is -2.06. The molecule has 4 nitrogen and oxygen atoms in total. The monoisotopic (exact) mass is 298 g/mol. The van der Waals surface area contributed by atoms with Crippen molar-refractivity contribution in [2.75, 3.05) is 0 Å². The summed E-state index contributed by atoms with van der Waals surface area (Å²) in [5.74, 6) is 0.843. The van der Waals surface area contributed by atoms with Gasteiger partial charge >= 0.3 is 0 Å². The predicted octanol–water partition coefficient (Wildman–Crippen LogP) is 3.74. The third-order valence-electron chi connectivity index (χ3n) is 4.69. The van der Waals surface area contributed by atoms with Crippen LogP contribution in [0.5, 0.6) is 0 Å². The number of aromatic nitrogens is 4. The van der Waals surface area contributed by atoms with Gasteiger partial charge in [0, 0.05) is 24.2 Å². The van der Waals surface area contributed by atoms with Gasteiger partial charge in [0.2, 0.25) is 0 Å². The van der Waals surface area contributed by atoms with Gasteiger partial charge in [-0.15, -0.1) is 10.2 Å². The van der Waals surface area contributed by atoms with E-state index in [1.165, 1.54) is 11.1 Å². The second-order valence-electron chi connectivity index (χ2n) is 5.99. The number of rotatable bonds is 2. The van der Waals surface area contributed by atoms with E-state index in [1.807, 2.05) is 36.4 Å². The van der Waals surface area contributed by atoms with Crippen LogP contribution in [0.3, 0.4) is 0 Å². The van der Waals surface area contributed by atoms with Crippen molar-refractivity contribution < 1.29 is 0 Å². The van der Waals surface area contributed by atoms with Crippen molar-refractivity contribution in [2.24, 2.45) is 0 Å². The van der Waals surface area contributed by atoms with Gasteiger partial charge in [0.05, 0.1) is 11.4 Å². The number of nitrogens with zero attached hydrogens (tertiary/aromatic N) is 4. The molecule has 0 saturated heterocycles. The Morgan fingerprint density at radius 3 is 1.65 bits per heavy atom. The van der Waals surface area contributed by atoms with Gasteiger partial charge in [-0.3, -0.25) is 9.97 Å². The average Bonchev–Trinajstić information content (AvgIpc) is 3.25. The van der Waals surface area contributed by atoms with E-state index in [1.54, 1.807) is 12.4 Å². The fourth-order valence-corrected chi connectivity index (χ4v) is 3.72. The fourth-order valence-electron chi connectivity index (χ4n) is 3.72. The summed E-state index contributed by atoms with van der Waals surface area (Å²) in [6, 6.07) is 11.8. The van der Waals surface area contributed by atoms with Gasteiger partial charge in [-0.25, -0.2) is 0 Å². The Balaban J connectivity index is 1.77. The molecule has 110 valence electrons. The number of pyridine rings is 2. The summed E-state index contributed by atoms with van der Waals surface area (Å²) in [5.41, 5.74) is 6.18. The van der Waals surface area contributed by atoms with Crippen LogP contribution >= 0.6 is 0 Å². The molecule has 23 heavy (non-hydrogen) atoms. The molecule has 4 heteroatoms. The molecule has 0 radical (unpaired) electrons. The Morgan fingerprint density at radius 1 is 0.696 bits per heavy atom. The van der Waals surface area contributed by atoms with Crippen molar-refractivity contribution in [2.45, 2.75) is 18.3 Å². The molecule has 0 fully saturated rings. The summed E-state index contributed by atoms with van der Waals surface area (Å²) in [7, 11) is 0. The summed E-state index contributed by atoms with van der Waals surface area (Å²) in [4.78, 5) is 8.94. The number of fused-ring (bicyclic) bond motifs is 5. The molecule has 2 atom stereocenters. The molecule has 2 aliphatic rings. The average molecular weight is 298 g/mol. The highest BCUT2D eigenvalue weighted by molar-refractivity contribution is 5.73. The third-order valence-corrected chi connectivity index (χ3v) is 4.69. The van der Waals surface area contributed by atoms with Crippen molar-refractivity contribution in [1.29, 1.82) is 0 Å². The molecule has 0 aromatic carbocycles. The van der Waals surface area contributed by atoms with E-state index in [0.29, 0.717) is 11.8 Å². The van der Waals surface area contributed by atoms with Crippen molar-refractivity contribution in [1.82, 2.24) is 20.2 Å². The molecule has 2 bridgehead atoms. The summed E-state index contributed by atoms with van der Waals surface area (Å²) in [6.07, 6.45) is 9.31. The fraction of sp³-hybridized carbons (Fsp3) is 0.158.